The number of hydrogen-bond donors (Lipinski definition) is 0. The first-order valence-electron chi connectivity index (χ1n) is 9.31. The van der Waals surface area contributed by atoms with Gasteiger partial charge in [-0.2, -0.15) is 0 Å². The van der Waals surface area contributed by atoms with Crippen molar-refractivity contribution in [2.45, 2.75) is 12.8 Å². The van der Waals surface area contributed by atoms with Crippen molar-refractivity contribution in [3.05, 3.63) is 75.6 Å². The van der Waals surface area contributed by atoms with Crippen molar-refractivity contribution >= 4 is 29.5 Å². The number of aliphatic imine (C=N–C) groups is 1. The Morgan fingerprint density at radius 2 is 1.89 bits per heavy atom. The van der Waals surface area contributed by atoms with Crippen LogP contribution in [0.2, 0.25) is 5.02 Å². The molecule has 0 aromatic heterocycles. The molecule has 0 aliphatic carbocycles. The fourth-order valence-electron chi connectivity index (χ4n) is 3.42. The van der Waals surface area contributed by atoms with Crippen LogP contribution in [-0.2, 0) is 4.74 Å². The molecule has 2 heterocycles. The highest BCUT2D eigenvalue weighted by atomic mass is 35.5. The minimum atomic E-state index is -0.289. The summed E-state index contributed by atoms with van der Waals surface area (Å²) in [6.07, 6.45) is 3.35. The molecule has 28 heavy (non-hydrogen) atoms. The summed E-state index contributed by atoms with van der Waals surface area (Å²) in [6.45, 7) is 2.41. The molecule has 2 aromatic rings. The first kappa shape index (κ1) is 18.7. The zero-order valence-corrected chi connectivity index (χ0v) is 16.1. The fourth-order valence-corrected chi connectivity index (χ4v) is 3.55. The third-order valence-corrected chi connectivity index (χ3v) is 5.23. The van der Waals surface area contributed by atoms with E-state index in [2.05, 4.69) is 4.99 Å². The van der Waals surface area contributed by atoms with Gasteiger partial charge in [-0.1, -0.05) is 29.3 Å². The van der Waals surface area contributed by atoms with Crippen molar-refractivity contribution in [3.8, 4) is 0 Å². The van der Waals surface area contributed by atoms with Gasteiger partial charge in [-0.05, 0) is 49.2 Å². The predicted molar refractivity (Wildman–Crippen MR) is 108 cm³/mol. The van der Waals surface area contributed by atoms with E-state index in [-0.39, 0.29) is 11.7 Å². The van der Waals surface area contributed by atoms with Crippen LogP contribution in [0.1, 0.15) is 34.3 Å². The van der Waals surface area contributed by atoms with Crippen molar-refractivity contribution in [1.29, 1.82) is 0 Å². The molecule has 2 aromatic carbocycles. The number of ether oxygens (including phenoxy) is 1. The minimum Gasteiger partial charge on any atom is -0.476 e. The van der Waals surface area contributed by atoms with Crippen LogP contribution in [0, 0.1) is 5.82 Å². The summed E-state index contributed by atoms with van der Waals surface area (Å²) in [7, 11) is 0. The van der Waals surface area contributed by atoms with Gasteiger partial charge in [-0.25, -0.2) is 9.38 Å². The summed E-state index contributed by atoms with van der Waals surface area (Å²) < 4.78 is 19.9. The van der Waals surface area contributed by atoms with Gasteiger partial charge in [-0.15, -0.1) is 0 Å². The maximum atomic E-state index is 14.5. The number of rotatable bonds is 3. The number of carbonyl (C=O) groups is 1. The van der Waals surface area contributed by atoms with E-state index in [1.54, 1.807) is 30.3 Å². The Morgan fingerprint density at radius 3 is 2.54 bits per heavy atom. The van der Waals surface area contributed by atoms with Crippen LogP contribution in [0.5, 0.6) is 0 Å². The number of benzene rings is 2. The third kappa shape index (κ3) is 4.09. The number of hydrogen-bond acceptors (Lipinski definition) is 3. The highest BCUT2D eigenvalue weighted by molar-refractivity contribution is 6.30. The highest BCUT2D eigenvalue weighted by Gasteiger charge is 2.20. The van der Waals surface area contributed by atoms with Gasteiger partial charge in [0.1, 0.15) is 12.4 Å². The first-order valence-corrected chi connectivity index (χ1v) is 9.69. The lowest BCUT2D eigenvalue weighted by atomic mass is 9.99. The molecule has 1 amide bonds. The van der Waals surface area contributed by atoms with Crippen LogP contribution in [0.4, 0.5) is 4.39 Å². The van der Waals surface area contributed by atoms with Gasteiger partial charge in [0.05, 0.1) is 6.54 Å². The number of nitrogens with zero attached hydrogens (tertiary/aromatic N) is 2. The molecular formula is C22H20ClFN2O2. The van der Waals surface area contributed by atoms with Crippen molar-refractivity contribution in [1.82, 2.24) is 4.90 Å². The zero-order valence-electron chi connectivity index (χ0n) is 15.3. The smallest absolute Gasteiger partial charge is 0.253 e. The molecule has 4 rings (SSSR count). The zero-order chi connectivity index (χ0) is 19.5. The van der Waals surface area contributed by atoms with Crippen LogP contribution >= 0.6 is 11.6 Å². The van der Waals surface area contributed by atoms with Crippen LogP contribution in [-0.4, -0.2) is 42.9 Å². The number of piperidine rings is 1. The van der Waals surface area contributed by atoms with Gasteiger partial charge >= 0.3 is 0 Å². The SMILES string of the molecule is O=C(c1ccc(Cl)cc1)N1CCC(=Cc2ccc(C3=NCCO3)cc2F)CC1. The summed E-state index contributed by atoms with van der Waals surface area (Å²) >= 11 is 5.88. The third-order valence-electron chi connectivity index (χ3n) is 4.98. The molecule has 1 fully saturated rings. The Balaban J connectivity index is 1.41. The molecule has 0 radical (unpaired) electrons. The molecular weight excluding hydrogens is 379 g/mol. The largest absolute Gasteiger partial charge is 0.476 e. The maximum Gasteiger partial charge on any atom is 0.253 e. The fraction of sp³-hybridized carbons (Fsp3) is 0.273. The van der Waals surface area contributed by atoms with Crippen molar-refractivity contribution < 1.29 is 13.9 Å². The van der Waals surface area contributed by atoms with E-state index in [0.29, 0.717) is 53.9 Å². The second kappa shape index (κ2) is 8.15. The minimum absolute atomic E-state index is 0.00332. The average molecular weight is 399 g/mol. The Morgan fingerprint density at radius 1 is 1.14 bits per heavy atom. The maximum absolute atomic E-state index is 14.5. The van der Waals surface area contributed by atoms with Gasteiger partial charge in [0.15, 0.2) is 0 Å². The Bertz CT molecular complexity index is 944. The van der Waals surface area contributed by atoms with Gasteiger partial charge in [0.25, 0.3) is 5.91 Å². The second-order valence-corrected chi connectivity index (χ2v) is 7.31. The Hall–Kier alpha value is -2.66. The molecule has 0 N–H and O–H groups in total. The molecule has 2 aliphatic rings. The van der Waals surface area contributed by atoms with Gasteiger partial charge in [0.2, 0.25) is 5.90 Å². The molecule has 0 unspecified atom stereocenters. The molecule has 144 valence electrons. The van der Waals surface area contributed by atoms with E-state index >= 15 is 0 Å². The average Bonchev–Trinajstić information content (AvgIpc) is 3.25. The van der Waals surface area contributed by atoms with E-state index < -0.39 is 0 Å². The second-order valence-electron chi connectivity index (χ2n) is 6.87. The summed E-state index contributed by atoms with van der Waals surface area (Å²) in [5.41, 5.74) is 2.99. The van der Waals surface area contributed by atoms with E-state index in [1.165, 1.54) is 6.07 Å². The number of halogens is 2. The lowest BCUT2D eigenvalue weighted by Gasteiger charge is -2.28. The lowest BCUT2D eigenvalue weighted by Crippen LogP contribution is -2.36. The summed E-state index contributed by atoms with van der Waals surface area (Å²) in [5, 5.41) is 0.611. The molecule has 4 nitrogen and oxygen atoms in total. The molecule has 0 atom stereocenters. The topological polar surface area (TPSA) is 41.9 Å². The van der Waals surface area contributed by atoms with Crippen molar-refractivity contribution in [3.63, 3.8) is 0 Å². The van der Waals surface area contributed by atoms with Crippen LogP contribution in [0.3, 0.4) is 0 Å². The molecule has 0 bridgehead atoms. The molecule has 1 saturated heterocycles. The van der Waals surface area contributed by atoms with Crippen LogP contribution < -0.4 is 0 Å². The van der Waals surface area contributed by atoms with Gasteiger partial charge < -0.3 is 9.64 Å². The highest BCUT2D eigenvalue weighted by Crippen LogP contribution is 2.23. The predicted octanol–water partition coefficient (Wildman–Crippen LogP) is 4.58. The Kier molecular flexibility index (Phi) is 5.44. The van der Waals surface area contributed by atoms with Crippen molar-refractivity contribution in [2.75, 3.05) is 26.2 Å². The number of likely N-dealkylation sites (tertiary alicyclic amines) is 1. The quantitative estimate of drug-likeness (QED) is 0.759. The summed E-state index contributed by atoms with van der Waals surface area (Å²) in [5.74, 6) is 0.221. The van der Waals surface area contributed by atoms with E-state index in [9.17, 15) is 9.18 Å². The summed E-state index contributed by atoms with van der Waals surface area (Å²) in [6, 6.07) is 12.0. The van der Waals surface area contributed by atoms with E-state index in [1.807, 2.05) is 17.0 Å². The lowest BCUT2D eigenvalue weighted by molar-refractivity contribution is 0.0744. The monoisotopic (exact) mass is 398 g/mol. The van der Waals surface area contributed by atoms with Gasteiger partial charge in [0, 0.05) is 34.8 Å². The summed E-state index contributed by atoms with van der Waals surface area (Å²) in [4.78, 5) is 18.6. The van der Waals surface area contributed by atoms with Crippen molar-refractivity contribution in [2.24, 2.45) is 4.99 Å². The standard InChI is InChI=1S/C22H20ClFN2O2/c23-19-5-3-16(4-6-19)22(27)26-10-7-15(8-11-26)13-17-1-2-18(14-20(17)24)21-25-9-12-28-21/h1-6,13-14H,7-12H2. The normalized spacial score (nSPS) is 16.6. The number of amides is 1. The first-order chi connectivity index (χ1) is 13.6. The van der Waals surface area contributed by atoms with E-state index in [0.717, 1.165) is 18.4 Å². The van der Waals surface area contributed by atoms with E-state index in [4.69, 9.17) is 16.3 Å². The number of carbonyl (C=O) groups excluding carboxylic acids is 1. The molecule has 0 spiro atoms. The van der Waals surface area contributed by atoms with Gasteiger partial charge in [-0.3, -0.25) is 4.79 Å². The van der Waals surface area contributed by atoms with Crippen LogP contribution in [0.25, 0.3) is 6.08 Å². The molecule has 6 heteroatoms. The molecule has 2 aliphatic heterocycles. The van der Waals surface area contributed by atoms with Crippen LogP contribution in [0.15, 0.2) is 53.0 Å². The molecule has 0 saturated carbocycles. The Labute approximate surface area is 168 Å².